The minimum Gasteiger partial charge on any atom is -0.195 e. The second-order valence-electron chi connectivity index (χ2n) is 3.33. The van der Waals surface area contributed by atoms with E-state index in [1.54, 1.807) is 17.4 Å². The summed E-state index contributed by atoms with van der Waals surface area (Å²) in [5, 5.41) is 2.00. The standard InChI is InChI=1S/C11H11FS2/c1-8(10-3-2-6-13-10)7-9-4-5-11(12)14-9/h2-6,8H,7H2,1H3. The molecule has 1 unspecified atom stereocenters. The normalized spacial score (nSPS) is 13.0. The molecule has 2 rings (SSSR count). The maximum Gasteiger partial charge on any atom is 0.176 e. The van der Waals surface area contributed by atoms with E-state index in [0.717, 1.165) is 11.3 Å². The Kier molecular flexibility index (Phi) is 2.99. The van der Waals surface area contributed by atoms with Gasteiger partial charge in [-0.15, -0.1) is 22.7 Å². The molecule has 2 aromatic heterocycles. The summed E-state index contributed by atoms with van der Waals surface area (Å²) >= 11 is 3.02. The summed E-state index contributed by atoms with van der Waals surface area (Å²) in [6.45, 7) is 2.18. The maximum absolute atomic E-state index is 12.7. The summed E-state index contributed by atoms with van der Waals surface area (Å²) in [5.41, 5.74) is 0. The maximum atomic E-state index is 12.7. The molecule has 0 aliphatic heterocycles. The number of thiophene rings is 2. The molecule has 0 radical (unpaired) electrons. The summed E-state index contributed by atoms with van der Waals surface area (Å²) in [6, 6.07) is 7.62. The minimum absolute atomic E-state index is 0.0848. The van der Waals surface area contributed by atoms with Crippen LogP contribution in [0.2, 0.25) is 0 Å². The van der Waals surface area contributed by atoms with Gasteiger partial charge in [-0.2, -0.15) is 4.39 Å². The first-order valence-corrected chi connectivity index (χ1v) is 6.23. The van der Waals surface area contributed by atoms with Gasteiger partial charge in [0.15, 0.2) is 5.13 Å². The summed E-state index contributed by atoms with van der Waals surface area (Å²) in [4.78, 5) is 2.50. The average Bonchev–Trinajstić information content (AvgIpc) is 2.75. The molecule has 0 aliphatic carbocycles. The monoisotopic (exact) mass is 226 g/mol. The lowest BCUT2D eigenvalue weighted by Crippen LogP contribution is -1.93. The van der Waals surface area contributed by atoms with Crippen LogP contribution in [0.15, 0.2) is 29.6 Å². The first-order chi connectivity index (χ1) is 6.75. The van der Waals surface area contributed by atoms with E-state index >= 15 is 0 Å². The van der Waals surface area contributed by atoms with Gasteiger partial charge in [-0.25, -0.2) is 0 Å². The molecule has 2 aromatic rings. The molecule has 74 valence electrons. The molecular weight excluding hydrogens is 215 g/mol. The number of halogens is 1. The molecule has 0 amide bonds. The molecule has 0 bridgehead atoms. The van der Waals surface area contributed by atoms with Crippen molar-refractivity contribution in [1.29, 1.82) is 0 Å². The van der Waals surface area contributed by atoms with Crippen molar-refractivity contribution >= 4 is 22.7 Å². The molecule has 2 heterocycles. The topological polar surface area (TPSA) is 0 Å². The van der Waals surface area contributed by atoms with Crippen LogP contribution >= 0.6 is 22.7 Å². The van der Waals surface area contributed by atoms with Gasteiger partial charge in [-0.1, -0.05) is 13.0 Å². The lowest BCUT2D eigenvalue weighted by molar-refractivity contribution is 0.657. The van der Waals surface area contributed by atoms with Crippen LogP contribution in [0.3, 0.4) is 0 Å². The highest BCUT2D eigenvalue weighted by molar-refractivity contribution is 7.10. The third kappa shape index (κ3) is 2.22. The van der Waals surface area contributed by atoms with Gasteiger partial charge in [0, 0.05) is 9.75 Å². The van der Waals surface area contributed by atoms with Crippen LogP contribution in [0, 0.1) is 5.13 Å². The first kappa shape index (κ1) is 9.87. The molecule has 0 fully saturated rings. The SMILES string of the molecule is CC(Cc1ccc(F)s1)c1cccs1. The van der Waals surface area contributed by atoms with Crippen molar-refractivity contribution in [3.8, 4) is 0 Å². The van der Waals surface area contributed by atoms with Gasteiger partial charge in [-0.3, -0.25) is 0 Å². The van der Waals surface area contributed by atoms with Gasteiger partial charge in [0.1, 0.15) is 0 Å². The highest BCUT2D eigenvalue weighted by Crippen LogP contribution is 2.27. The predicted octanol–water partition coefficient (Wildman–Crippen LogP) is 4.29. The molecule has 0 nitrogen and oxygen atoms in total. The Balaban J connectivity index is 2.05. The van der Waals surface area contributed by atoms with Gasteiger partial charge < -0.3 is 0 Å². The fraction of sp³-hybridized carbons (Fsp3) is 0.273. The Morgan fingerprint density at radius 1 is 1.36 bits per heavy atom. The fourth-order valence-electron chi connectivity index (χ4n) is 1.44. The van der Waals surface area contributed by atoms with Crippen LogP contribution in [-0.2, 0) is 6.42 Å². The van der Waals surface area contributed by atoms with Crippen molar-refractivity contribution < 1.29 is 4.39 Å². The van der Waals surface area contributed by atoms with Gasteiger partial charge in [0.05, 0.1) is 0 Å². The quantitative estimate of drug-likeness (QED) is 0.732. The fourth-order valence-corrected chi connectivity index (χ4v) is 3.08. The average molecular weight is 226 g/mol. The van der Waals surface area contributed by atoms with E-state index in [1.807, 2.05) is 6.07 Å². The smallest absolute Gasteiger partial charge is 0.176 e. The third-order valence-corrected chi connectivity index (χ3v) is 4.16. The van der Waals surface area contributed by atoms with E-state index in [1.165, 1.54) is 16.2 Å². The minimum atomic E-state index is -0.0848. The first-order valence-electron chi connectivity index (χ1n) is 4.53. The molecule has 0 spiro atoms. The van der Waals surface area contributed by atoms with Crippen molar-refractivity contribution in [2.75, 3.05) is 0 Å². The Hall–Kier alpha value is -0.670. The van der Waals surface area contributed by atoms with Crippen LogP contribution in [0.25, 0.3) is 0 Å². The van der Waals surface area contributed by atoms with Crippen molar-refractivity contribution in [2.24, 2.45) is 0 Å². The summed E-state index contributed by atoms with van der Waals surface area (Å²) in [5.74, 6) is 0.494. The van der Waals surface area contributed by atoms with E-state index in [9.17, 15) is 4.39 Å². The van der Waals surface area contributed by atoms with Crippen molar-refractivity contribution in [3.05, 3.63) is 44.5 Å². The van der Waals surface area contributed by atoms with E-state index in [2.05, 4.69) is 24.4 Å². The number of rotatable bonds is 3. The molecule has 14 heavy (non-hydrogen) atoms. The summed E-state index contributed by atoms with van der Waals surface area (Å²) in [7, 11) is 0. The van der Waals surface area contributed by atoms with Gasteiger partial charge in [0.25, 0.3) is 0 Å². The van der Waals surface area contributed by atoms with Crippen LogP contribution in [0.4, 0.5) is 4.39 Å². The Morgan fingerprint density at radius 2 is 2.21 bits per heavy atom. The van der Waals surface area contributed by atoms with E-state index < -0.39 is 0 Å². The highest BCUT2D eigenvalue weighted by Gasteiger charge is 2.09. The second kappa shape index (κ2) is 4.24. The zero-order chi connectivity index (χ0) is 9.97. The molecule has 0 aromatic carbocycles. The Bertz CT molecular complexity index is 389. The third-order valence-electron chi connectivity index (χ3n) is 2.17. The van der Waals surface area contributed by atoms with Gasteiger partial charge >= 0.3 is 0 Å². The summed E-state index contributed by atoms with van der Waals surface area (Å²) < 4.78 is 12.7. The molecule has 0 N–H and O–H groups in total. The van der Waals surface area contributed by atoms with Crippen molar-refractivity contribution in [2.45, 2.75) is 19.3 Å². The lowest BCUT2D eigenvalue weighted by atomic mass is 10.1. The Morgan fingerprint density at radius 3 is 2.79 bits per heavy atom. The molecule has 1 atom stereocenters. The van der Waals surface area contributed by atoms with Crippen LogP contribution in [0.5, 0.6) is 0 Å². The second-order valence-corrected chi connectivity index (χ2v) is 5.42. The van der Waals surface area contributed by atoms with Crippen LogP contribution < -0.4 is 0 Å². The molecule has 3 heteroatoms. The zero-order valence-corrected chi connectivity index (χ0v) is 9.50. The zero-order valence-electron chi connectivity index (χ0n) is 7.87. The van der Waals surface area contributed by atoms with Crippen LogP contribution in [-0.4, -0.2) is 0 Å². The predicted molar refractivity (Wildman–Crippen MR) is 60.7 cm³/mol. The van der Waals surface area contributed by atoms with Crippen molar-refractivity contribution in [1.82, 2.24) is 0 Å². The molecule has 0 saturated heterocycles. The molecule has 0 saturated carbocycles. The largest absolute Gasteiger partial charge is 0.195 e. The van der Waals surface area contributed by atoms with E-state index in [-0.39, 0.29) is 5.13 Å². The number of hydrogen-bond donors (Lipinski definition) is 0. The molecule has 0 aliphatic rings. The number of hydrogen-bond acceptors (Lipinski definition) is 2. The lowest BCUT2D eigenvalue weighted by Gasteiger charge is -2.06. The van der Waals surface area contributed by atoms with Crippen molar-refractivity contribution in [3.63, 3.8) is 0 Å². The molecular formula is C11H11FS2. The van der Waals surface area contributed by atoms with E-state index in [4.69, 9.17) is 0 Å². The van der Waals surface area contributed by atoms with Crippen LogP contribution in [0.1, 0.15) is 22.6 Å². The highest BCUT2D eigenvalue weighted by atomic mass is 32.1. The summed E-state index contributed by atoms with van der Waals surface area (Å²) in [6.07, 6.45) is 0.940. The Labute approximate surface area is 91.0 Å². The van der Waals surface area contributed by atoms with Gasteiger partial charge in [0.2, 0.25) is 0 Å². The van der Waals surface area contributed by atoms with Gasteiger partial charge in [-0.05, 0) is 35.9 Å². The van der Waals surface area contributed by atoms with E-state index in [0.29, 0.717) is 5.92 Å².